The molecule has 7 heteroatoms. The molecule has 1 aromatic heterocycles. The number of esters is 1. The fourth-order valence-corrected chi connectivity index (χ4v) is 1.47. The van der Waals surface area contributed by atoms with E-state index in [0.29, 0.717) is 0 Å². The van der Waals surface area contributed by atoms with E-state index in [4.69, 9.17) is 10.7 Å². The van der Waals surface area contributed by atoms with Crippen molar-refractivity contribution in [2.45, 2.75) is 4.90 Å². The minimum Gasteiger partial charge on any atom is -0.464 e. The molecule has 0 spiro atoms. The smallest absolute Gasteiger partial charge is 0.354 e. The molecule has 0 aliphatic rings. The Morgan fingerprint density at radius 2 is 2.23 bits per heavy atom. The second-order valence-electron chi connectivity index (χ2n) is 2.18. The third-order valence-electron chi connectivity index (χ3n) is 1.34. The molecular formula is C6H6ClNO4S. The van der Waals surface area contributed by atoms with E-state index in [0.717, 1.165) is 12.3 Å². The maximum atomic E-state index is 10.9. The van der Waals surface area contributed by atoms with Crippen LogP contribution in [-0.2, 0) is 13.8 Å². The van der Waals surface area contributed by atoms with E-state index in [2.05, 4.69) is 9.72 Å². The van der Waals surface area contributed by atoms with Crippen LogP contribution in [0.1, 0.15) is 10.5 Å². The van der Waals surface area contributed by atoms with Crippen LogP contribution in [0, 0.1) is 0 Å². The first-order valence-electron chi connectivity index (χ1n) is 3.16. The molecule has 13 heavy (non-hydrogen) atoms. The summed E-state index contributed by atoms with van der Waals surface area (Å²) in [6, 6.07) is 1.11. The lowest BCUT2D eigenvalue weighted by molar-refractivity contribution is 0.0595. The fourth-order valence-electron chi connectivity index (χ4n) is 0.743. The Morgan fingerprint density at radius 1 is 1.62 bits per heavy atom. The molecule has 1 heterocycles. The van der Waals surface area contributed by atoms with Gasteiger partial charge in [0.15, 0.2) is 0 Å². The third-order valence-corrected chi connectivity index (χ3v) is 2.68. The van der Waals surface area contributed by atoms with Gasteiger partial charge in [-0.05, 0) is 6.07 Å². The van der Waals surface area contributed by atoms with Gasteiger partial charge in [-0.3, -0.25) is 0 Å². The van der Waals surface area contributed by atoms with Crippen molar-refractivity contribution in [2.24, 2.45) is 0 Å². The van der Waals surface area contributed by atoms with Crippen LogP contribution in [0.5, 0.6) is 0 Å². The lowest BCUT2D eigenvalue weighted by Gasteiger charge is -1.91. The van der Waals surface area contributed by atoms with E-state index in [1.54, 1.807) is 0 Å². The standard InChI is InChI=1S/C6H6ClNO4S/c1-12-6(9)5-2-4(3-8-5)13(7,10)11/h2-3,8H,1H3. The van der Waals surface area contributed by atoms with E-state index in [9.17, 15) is 13.2 Å². The van der Waals surface area contributed by atoms with Crippen molar-refractivity contribution in [3.63, 3.8) is 0 Å². The summed E-state index contributed by atoms with van der Waals surface area (Å²) in [5.74, 6) is -0.647. The van der Waals surface area contributed by atoms with Crippen LogP contribution in [0.4, 0.5) is 0 Å². The molecule has 72 valence electrons. The van der Waals surface area contributed by atoms with Gasteiger partial charge in [-0.15, -0.1) is 0 Å². The van der Waals surface area contributed by atoms with Crippen molar-refractivity contribution in [1.82, 2.24) is 4.98 Å². The molecule has 1 aromatic rings. The van der Waals surface area contributed by atoms with Gasteiger partial charge in [-0.25, -0.2) is 13.2 Å². The normalized spacial score (nSPS) is 11.2. The Hall–Kier alpha value is -1.01. The van der Waals surface area contributed by atoms with Crippen LogP contribution < -0.4 is 0 Å². The fraction of sp³-hybridized carbons (Fsp3) is 0.167. The molecule has 0 amide bonds. The number of nitrogens with one attached hydrogen (secondary N) is 1. The van der Waals surface area contributed by atoms with E-state index in [1.165, 1.54) is 7.11 Å². The van der Waals surface area contributed by atoms with E-state index < -0.39 is 15.0 Å². The maximum Gasteiger partial charge on any atom is 0.354 e. The third kappa shape index (κ3) is 2.22. The maximum absolute atomic E-state index is 10.9. The lowest BCUT2D eigenvalue weighted by atomic mass is 10.4. The van der Waals surface area contributed by atoms with Gasteiger partial charge < -0.3 is 9.72 Å². The Labute approximate surface area is 79.1 Å². The van der Waals surface area contributed by atoms with Crippen LogP contribution in [0.2, 0.25) is 0 Å². The zero-order valence-electron chi connectivity index (χ0n) is 6.57. The molecule has 1 rings (SSSR count). The Bertz CT molecular complexity index is 422. The number of ether oxygens (including phenoxy) is 1. The Kier molecular flexibility index (Phi) is 2.63. The predicted octanol–water partition coefficient (Wildman–Crippen LogP) is 0.729. The zero-order chi connectivity index (χ0) is 10.1. The van der Waals surface area contributed by atoms with Gasteiger partial charge in [-0.1, -0.05) is 0 Å². The molecular weight excluding hydrogens is 218 g/mol. The predicted molar refractivity (Wildman–Crippen MR) is 45.2 cm³/mol. The lowest BCUT2D eigenvalue weighted by Crippen LogP contribution is -2.00. The van der Waals surface area contributed by atoms with Crippen molar-refractivity contribution in [1.29, 1.82) is 0 Å². The summed E-state index contributed by atoms with van der Waals surface area (Å²) in [6.07, 6.45) is 1.12. The molecule has 0 saturated carbocycles. The largest absolute Gasteiger partial charge is 0.464 e. The Balaban J connectivity index is 3.07. The number of aromatic nitrogens is 1. The minimum absolute atomic E-state index is 0.0433. The molecule has 1 N–H and O–H groups in total. The van der Waals surface area contributed by atoms with Crippen LogP contribution in [0.25, 0.3) is 0 Å². The molecule has 0 aliphatic carbocycles. The van der Waals surface area contributed by atoms with Crippen molar-refractivity contribution in [3.8, 4) is 0 Å². The van der Waals surface area contributed by atoms with Gasteiger partial charge in [0.1, 0.15) is 10.6 Å². The second-order valence-corrected chi connectivity index (χ2v) is 4.74. The Morgan fingerprint density at radius 3 is 2.62 bits per heavy atom. The van der Waals surface area contributed by atoms with E-state index in [1.807, 2.05) is 0 Å². The summed E-state index contributed by atoms with van der Waals surface area (Å²) in [7, 11) is 2.42. The topological polar surface area (TPSA) is 76.2 Å². The van der Waals surface area contributed by atoms with Crippen molar-refractivity contribution < 1.29 is 17.9 Å². The number of hydrogen-bond acceptors (Lipinski definition) is 4. The van der Waals surface area contributed by atoms with Crippen molar-refractivity contribution in [3.05, 3.63) is 18.0 Å². The summed E-state index contributed by atoms with van der Waals surface area (Å²) in [6.45, 7) is 0. The molecule has 0 aliphatic heterocycles. The molecule has 0 radical (unpaired) electrons. The van der Waals surface area contributed by atoms with E-state index in [-0.39, 0.29) is 10.6 Å². The van der Waals surface area contributed by atoms with Gasteiger partial charge in [0.25, 0.3) is 9.05 Å². The summed E-state index contributed by atoms with van der Waals surface area (Å²) < 4.78 is 25.9. The number of aromatic amines is 1. The number of carbonyl (C=O) groups excluding carboxylic acids is 1. The van der Waals surface area contributed by atoms with E-state index >= 15 is 0 Å². The average Bonchev–Trinajstić information content (AvgIpc) is 2.50. The molecule has 0 atom stereocenters. The molecule has 0 saturated heterocycles. The second kappa shape index (κ2) is 3.39. The number of rotatable bonds is 2. The van der Waals surface area contributed by atoms with Crippen LogP contribution in [0.15, 0.2) is 17.2 Å². The highest BCUT2D eigenvalue weighted by Crippen LogP contribution is 2.15. The molecule has 0 aromatic carbocycles. The molecule has 0 bridgehead atoms. The summed E-state index contributed by atoms with van der Waals surface area (Å²) in [4.78, 5) is 13.1. The van der Waals surface area contributed by atoms with Gasteiger partial charge >= 0.3 is 5.97 Å². The number of carbonyl (C=O) groups is 1. The molecule has 5 nitrogen and oxygen atoms in total. The number of methoxy groups -OCH3 is 1. The SMILES string of the molecule is COC(=O)c1cc(S(=O)(=O)Cl)c[nH]1. The molecule has 0 fully saturated rings. The molecule has 0 unspecified atom stereocenters. The summed E-state index contributed by atoms with van der Waals surface area (Å²) in [5, 5.41) is 0. The first-order chi connectivity index (χ1) is 5.95. The summed E-state index contributed by atoms with van der Waals surface area (Å²) >= 11 is 0. The number of hydrogen-bond donors (Lipinski definition) is 1. The highest BCUT2D eigenvalue weighted by atomic mass is 35.7. The van der Waals surface area contributed by atoms with Crippen molar-refractivity contribution >= 4 is 25.7 Å². The number of H-pyrrole nitrogens is 1. The van der Waals surface area contributed by atoms with Crippen LogP contribution in [0.3, 0.4) is 0 Å². The quantitative estimate of drug-likeness (QED) is 0.592. The van der Waals surface area contributed by atoms with Gasteiger partial charge in [-0.2, -0.15) is 0 Å². The zero-order valence-corrected chi connectivity index (χ0v) is 8.15. The van der Waals surface area contributed by atoms with Gasteiger partial charge in [0, 0.05) is 16.9 Å². The van der Waals surface area contributed by atoms with Gasteiger partial charge in [0.05, 0.1) is 7.11 Å². The average molecular weight is 224 g/mol. The number of halogens is 1. The first-order valence-corrected chi connectivity index (χ1v) is 5.47. The monoisotopic (exact) mass is 223 g/mol. The van der Waals surface area contributed by atoms with Crippen LogP contribution in [-0.4, -0.2) is 26.5 Å². The highest BCUT2D eigenvalue weighted by Gasteiger charge is 2.15. The first kappa shape index (κ1) is 10.1. The summed E-state index contributed by atoms with van der Waals surface area (Å²) in [5.41, 5.74) is 0.0433. The van der Waals surface area contributed by atoms with Gasteiger partial charge in [0.2, 0.25) is 0 Å². The highest BCUT2D eigenvalue weighted by molar-refractivity contribution is 8.13. The van der Waals surface area contributed by atoms with Crippen LogP contribution >= 0.6 is 10.7 Å². The minimum atomic E-state index is -3.79. The van der Waals surface area contributed by atoms with Crippen molar-refractivity contribution in [2.75, 3.05) is 7.11 Å².